The van der Waals surface area contributed by atoms with Crippen LogP contribution in [0.1, 0.15) is 48.7 Å². The van der Waals surface area contributed by atoms with E-state index in [0.29, 0.717) is 31.1 Å². The van der Waals surface area contributed by atoms with E-state index in [9.17, 15) is 4.79 Å². The van der Waals surface area contributed by atoms with Crippen molar-refractivity contribution in [3.05, 3.63) is 59.2 Å². The molecule has 0 spiro atoms. The van der Waals surface area contributed by atoms with Gasteiger partial charge in [-0.15, -0.1) is 0 Å². The topological polar surface area (TPSA) is 44.8 Å². The number of ether oxygens (including phenoxy) is 3. The SMILES string of the molecule is CCCOc1ccc(C(=O)/C=C/c2cc(C)c(OCC)cc2OCC)cc1. The van der Waals surface area contributed by atoms with E-state index in [1.165, 1.54) is 0 Å². The summed E-state index contributed by atoms with van der Waals surface area (Å²) in [6.45, 7) is 9.73. The van der Waals surface area contributed by atoms with Crippen molar-refractivity contribution in [2.24, 2.45) is 0 Å². The normalized spacial score (nSPS) is 10.8. The predicted molar refractivity (Wildman–Crippen MR) is 109 cm³/mol. The van der Waals surface area contributed by atoms with Crippen LogP contribution in [0.4, 0.5) is 0 Å². The standard InChI is InChI=1S/C23H28O4/c1-5-14-27-20-11-8-18(9-12-20)21(24)13-10-19-15-17(4)22(25-6-2)16-23(19)26-7-3/h8-13,15-16H,5-7,14H2,1-4H3/b13-10+. The summed E-state index contributed by atoms with van der Waals surface area (Å²) >= 11 is 0. The summed E-state index contributed by atoms with van der Waals surface area (Å²) in [5.74, 6) is 2.22. The molecule has 27 heavy (non-hydrogen) atoms. The molecule has 0 heterocycles. The fourth-order valence-electron chi connectivity index (χ4n) is 2.61. The van der Waals surface area contributed by atoms with Crippen molar-refractivity contribution >= 4 is 11.9 Å². The summed E-state index contributed by atoms with van der Waals surface area (Å²) in [7, 11) is 0. The third kappa shape index (κ3) is 5.88. The molecule has 0 unspecified atom stereocenters. The first-order valence-corrected chi connectivity index (χ1v) is 9.44. The first-order chi connectivity index (χ1) is 13.1. The van der Waals surface area contributed by atoms with Gasteiger partial charge in [-0.1, -0.05) is 6.92 Å². The Kier molecular flexibility index (Phi) is 7.93. The zero-order valence-electron chi connectivity index (χ0n) is 16.6. The van der Waals surface area contributed by atoms with Crippen LogP contribution < -0.4 is 14.2 Å². The van der Waals surface area contributed by atoms with Crippen LogP contribution in [0.5, 0.6) is 17.2 Å². The maximum absolute atomic E-state index is 12.5. The van der Waals surface area contributed by atoms with Gasteiger partial charge in [0.25, 0.3) is 0 Å². The number of hydrogen-bond acceptors (Lipinski definition) is 4. The highest BCUT2D eigenvalue weighted by molar-refractivity contribution is 6.07. The van der Waals surface area contributed by atoms with Crippen LogP contribution in [-0.4, -0.2) is 25.6 Å². The maximum atomic E-state index is 12.5. The molecule has 2 aromatic rings. The van der Waals surface area contributed by atoms with Crippen LogP contribution in [0.25, 0.3) is 6.08 Å². The van der Waals surface area contributed by atoms with Gasteiger partial charge >= 0.3 is 0 Å². The number of carbonyl (C=O) groups excluding carboxylic acids is 1. The summed E-state index contributed by atoms with van der Waals surface area (Å²) in [6, 6.07) is 11.1. The van der Waals surface area contributed by atoms with Gasteiger partial charge < -0.3 is 14.2 Å². The minimum absolute atomic E-state index is 0.0639. The molecule has 0 atom stereocenters. The fourth-order valence-corrected chi connectivity index (χ4v) is 2.61. The highest BCUT2D eigenvalue weighted by atomic mass is 16.5. The van der Waals surface area contributed by atoms with Crippen molar-refractivity contribution in [3.63, 3.8) is 0 Å². The molecule has 0 radical (unpaired) electrons. The lowest BCUT2D eigenvalue weighted by Crippen LogP contribution is -2.00. The molecule has 4 heteroatoms. The van der Waals surface area contributed by atoms with E-state index in [1.807, 2.05) is 45.0 Å². The van der Waals surface area contributed by atoms with Crippen molar-refractivity contribution in [3.8, 4) is 17.2 Å². The predicted octanol–water partition coefficient (Wildman–Crippen LogP) is 5.48. The molecule has 0 aliphatic heterocycles. The van der Waals surface area contributed by atoms with E-state index in [-0.39, 0.29) is 5.78 Å². The van der Waals surface area contributed by atoms with Crippen molar-refractivity contribution in [1.29, 1.82) is 0 Å². The van der Waals surface area contributed by atoms with Crippen molar-refractivity contribution < 1.29 is 19.0 Å². The molecule has 0 N–H and O–H groups in total. The van der Waals surface area contributed by atoms with Gasteiger partial charge in [0.05, 0.1) is 19.8 Å². The van der Waals surface area contributed by atoms with E-state index in [0.717, 1.165) is 29.0 Å². The largest absolute Gasteiger partial charge is 0.494 e. The van der Waals surface area contributed by atoms with Gasteiger partial charge in [0.15, 0.2) is 5.78 Å². The van der Waals surface area contributed by atoms with Gasteiger partial charge in [-0.25, -0.2) is 0 Å². The summed E-state index contributed by atoms with van der Waals surface area (Å²) in [5, 5.41) is 0. The minimum atomic E-state index is -0.0639. The van der Waals surface area contributed by atoms with Crippen LogP contribution in [0.15, 0.2) is 42.5 Å². The average Bonchev–Trinajstić information content (AvgIpc) is 2.68. The Morgan fingerprint density at radius 1 is 0.926 bits per heavy atom. The Morgan fingerprint density at radius 2 is 1.59 bits per heavy atom. The summed E-state index contributed by atoms with van der Waals surface area (Å²) < 4.78 is 16.9. The minimum Gasteiger partial charge on any atom is -0.494 e. The molecular weight excluding hydrogens is 340 g/mol. The number of ketones is 1. The smallest absolute Gasteiger partial charge is 0.185 e. The molecule has 4 nitrogen and oxygen atoms in total. The van der Waals surface area contributed by atoms with Crippen molar-refractivity contribution in [1.82, 2.24) is 0 Å². The van der Waals surface area contributed by atoms with Crippen LogP contribution >= 0.6 is 0 Å². The van der Waals surface area contributed by atoms with E-state index in [1.54, 1.807) is 24.3 Å². The number of rotatable bonds is 10. The van der Waals surface area contributed by atoms with E-state index >= 15 is 0 Å². The van der Waals surface area contributed by atoms with E-state index in [2.05, 4.69) is 6.92 Å². The molecule has 0 aliphatic carbocycles. The molecular formula is C23H28O4. The molecule has 144 valence electrons. The first-order valence-electron chi connectivity index (χ1n) is 9.44. The Hall–Kier alpha value is -2.75. The zero-order chi connectivity index (χ0) is 19.6. The highest BCUT2D eigenvalue weighted by Gasteiger charge is 2.09. The Balaban J connectivity index is 2.18. The van der Waals surface area contributed by atoms with Crippen LogP contribution in [0, 0.1) is 6.92 Å². The van der Waals surface area contributed by atoms with Crippen molar-refractivity contribution in [2.75, 3.05) is 19.8 Å². The second kappa shape index (κ2) is 10.4. The van der Waals surface area contributed by atoms with E-state index < -0.39 is 0 Å². The quantitative estimate of drug-likeness (QED) is 0.412. The number of aryl methyl sites for hydroxylation is 1. The summed E-state index contributed by atoms with van der Waals surface area (Å²) in [5.41, 5.74) is 2.48. The molecule has 0 bridgehead atoms. The molecule has 0 saturated carbocycles. The number of allylic oxidation sites excluding steroid dienone is 1. The van der Waals surface area contributed by atoms with Gasteiger partial charge in [0.1, 0.15) is 17.2 Å². The van der Waals surface area contributed by atoms with Crippen LogP contribution in [0.3, 0.4) is 0 Å². The van der Waals surface area contributed by atoms with Gasteiger partial charge in [0, 0.05) is 17.2 Å². The second-order valence-electron chi connectivity index (χ2n) is 6.09. The van der Waals surface area contributed by atoms with E-state index in [4.69, 9.17) is 14.2 Å². The van der Waals surface area contributed by atoms with Crippen LogP contribution in [-0.2, 0) is 0 Å². The lowest BCUT2D eigenvalue weighted by molar-refractivity contribution is 0.104. The summed E-state index contributed by atoms with van der Waals surface area (Å²) in [6.07, 6.45) is 4.31. The third-order valence-electron chi connectivity index (χ3n) is 3.93. The Bertz CT molecular complexity index is 776. The lowest BCUT2D eigenvalue weighted by Gasteiger charge is -2.13. The Labute approximate surface area is 161 Å². The average molecular weight is 368 g/mol. The van der Waals surface area contributed by atoms with Crippen LogP contribution in [0.2, 0.25) is 0 Å². The Morgan fingerprint density at radius 3 is 2.22 bits per heavy atom. The number of carbonyl (C=O) groups is 1. The molecule has 0 fully saturated rings. The highest BCUT2D eigenvalue weighted by Crippen LogP contribution is 2.30. The molecule has 0 aliphatic rings. The first kappa shape index (κ1) is 20.6. The fraction of sp³-hybridized carbons (Fsp3) is 0.348. The van der Waals surface area contributed by atoms with Gasteiger partial charge in [-0.05, 0) is 75.2 Å². The monoisotopic (exact) mass is 368 g/mol. The summed E-state index contributed by atoms with van der Waals surface area (Å²) in [4.78, 5) is 12.5. The number of hydrogen-bond donors (Lipinski definition) is 0. The van der Waals surface area contributed by atoms with Crippen molar-refractivity contribution in [2.45, 2.75) is 34.1 Å². The molecule has 0 amide bonds. The third-order valence-corrected chi connectivity index (χ3v) is 3.93. The van der Waals surface area contributed by atoms with Gasteiger partial charge in [0.2, 0.25) is 0 Å². The molecule has 0 saturated heterocycles. The number of benzene rings is 2. The zero-order valence-corrected chi connectivity index (χ0v) is 16.6. The molecule has 2 rings (SSSR count). The van der Waals surface area contributed by atoms with Gasteiger partial charge in [-0.3, -0.25) is 4.79 Å². The second-order valence-corrected chi connectivity index (χ2v) is 6.09. The molecule has 2 aromatic carbocycles. The maximum Gasteiger partial charge on any atom is 0.185 e. The lowest BCUT2D eigenvalue weighted by atomic mass is 10.1. The van der Waals surface area contributed by atoms with Gasteiger partial charge in [-0.2, -0.15) is 0 Å². The molecule has 0 aromatic heterocycles.